The Labute approximate surface area is 216 Å². The number of ether oxygens (including phenoxy) is 2. The highest BCUT2D eigenvalue weighted by molar-refractivity contribution is 9.10. The number of aromatic amines is 1. The Morgan fingerprint density at radius 1 is 1.28 bits per heavy atom. The highest BCUT2D eigenvalue weighted by atomic mass is 79.9. The minimum absolute atomic E-state index is 0.0672. The van der Waals surface area contributed by atoms with Gasteiger partial charge in [0.15, 0.2) is 5.76 Å². The minimum Gasteiger partial charge on any atom is -0.507 e. The van der Waals surface area contributed by atoms with Gasteiger partial charge in [0.2, 0.25) is 5.78 Å². The number of aromatic hydroxyl groups is 1. The fourth-order valence-electron chi connectivity index (χ4n) is 4.35. The van der Waals surface area contributed by atoms with Crippen molar-refractivity contribution < 1.29 is 24.2 Å². The summed E-state index contributed by atoms with van der Waals surface area (Å²) in [6.07, 6.45) is 4.84. The number of phenolic OH excluding ortho intramolecular Hbond substituents is 1. The number of nitrogens with zero attached hydrogens (tertiary/aromatic N) is 3. The third-order valence-electron chi connectivity index (χ3n) is 6.14. The van der Waals surface area contributed by atoms with Crippen molar-refractivity contribution in [3.8, 4) is 11.5 Å². The first-order valence-corrected chi connectivity index (χ1v) is 12.5. The van der Waals surface area contributed by atoms with Crippen LogP contribution in [0.15, 0.2) is 40.8 Å². The van der Waals surface area contributed by atoms with E-state index < -0.39 is 5.60 Å². The molecule has 1 amide bonds. The number of aromatic nitrogens is 2. The SMILES string of the molecule is CC(C)(C)OC(=O)N1CCN(Cc2c(O)ccc3c2OC(=Cc2c[nH]c4ncc(Br)cc24)C3=O)CC1. The van der Waals surface area contributed by atoms with Gasteiger partial charge in [0.05, 0.1) is 11.1 Å². The highest BCUT2D eigenvalue weighted by Crippen LogP contribution is 2.40. The van der Waals surface area contributed by atoms with E-state index >= 15 is 0 Å². The number of benzene rings is 1. The van der Waals surface area contributed by atoms with E-state index in [1.807, 2.05) is 26.8 Å². The lowest BCUT2D eigenvalue weighted by atomic mass is 10.0. The molecule has 2 N–H and O–H groups in total. The molecule has 188 valence electrons. The van der Waals surface area contributed by atoms with Crippen molar-refractivity contribution in [2.45, 2.75) is 32.9 Å². The summed E-state index contributed by atoms with van der Waals surface area (Å²) in [7, 11) is 0. The van der Waals surface area contributed by atoms with E-state index in [1.54, 1.807) is 29.4 Å². The first-order chi connectivity index (χ1) is 17.1. The van der Waals surface area contributed by atoms with Gasteiger partial charge in [-0.25, -0.2) is 9.78 Å². The molecule has 5 rings (SSSR count). The van der Waals surface area contributed by atoms with Gasteiger partial charge in [0.25, 0.3) is 0 Å². The van der Waals surface area contributed by atoms with Gasteiger partial charge in [-0.3, -0.25) is 9.69 Å². The molecule has 1 aromatic carbocycles. The zero-order chi connectivity index (χ0) is 25.6. The summed E-state index contributed by atoms with van der Waals surface area (Å²) in [6, 6.07) is 5.04. The number of rotatable bonds is 3. The number of halogens is 1. The van der Waals surface area contributed by atoms with Gasteiger partial charge >= 0.3 is 6.09 Å². The van der Waals surface area contributed by atoms with Crippen molar-refractivity contribution in [1.29, 1.82) is 0 Å². The lowest BCUT2D eigenvalue weighted by Gasteiger charge is -2.35. The molecule has 0 atom stereocenters. The summed E-state index contributed by atoms with van der Waals surface area (Å²) < 4.78 is 12.3. The smallest absolute Gasteiger partial charge is 0.410 e. The van der Waals surface area contributed by atoms with Crippen LogP contribution in [-0.4, -0.2) is 68.5 Å². The molecule has 0 saturated carbocycles. The Balaban J connectivity index is 1.33. The molecule has 1 saturated heterocycles. The van der Waals surface area contributed by atoms with E-state index in [0.717, 1.165) is 15.4 Å². The van der Waals surface area contributed by atoms with Gasteiger partial charge < -0.3 is 24.5 Å². The van der Waals surface area contributed by atoms with Gasteiger partial charge in [-0.1, -0.05) is 0 Å². The van der Waals surface area contributed by atoms with Crippen molar-refractivity contribution in [1.82, 2.24) is 19.8 Å². The number of hydrogen-bond acceptors (Lipinski definition) is 7. The van der Waals surface area contributed by atoms with Crippen LogP contribution in [0.2, 0.25) is 0 Å². The summed E-state index contributed by atoms with van der Waals surface area (Å²) in [5.74, 6) is 0.392. The molecule has 0 unspecified atom stereocenters. The van der Waals surface area contributed by atoms with E-state index in [9.17, 15) is 14.7 Å². The summed E-state index contributed by atoms with van der Waals surface area (Å²) >= 11 is 3.43. The number of carbonyl (C=O) groups is 2. The Bertz CT molecular complexity index is 1380. The third-order valence-corrected chi connectivity index (χ3v) is 6.57. The molecule has 2 aliphatic heterocycles. The van der Waals surface area contributed by atoms with Crippen LogP contribution in [0.1, 0.15) is 42.3 Å². The second kappa shape index (κ2) is 9.25. The monoisotopic (exact) mass is 554 g/mol. The van der Waals surface area contributed by atoms with E-state index in [-0.39, 0.29) is 23.4 Å². The molecular weight excluding hydrogens is 528 g/mol. The molecular formula is C26H27BrN4O5. The predicted molar refractivity (Wildman–Crippen MR) is 138 cm³/mol. The van der Waals surface area contributed by atoms with Crippen LogP contribution in [0.5, 0.6) is 11.5 Å². The molecule has 10 heteroatoms. The van der Waals surface area contributed by atoms with Crippen LogP contribution in [-0.2, 0) is 11.3 Å². The first-order valence-electron chi connectivity index (χ1n) is 11.7. The number of Topliss-reactive ketones (excluding diaryl/α,β-unsaturated/α-hetero) is 1. The van der Waals surface area contributed by atoms with Crippen LogP contribution < -0.4 is 4.74 Å². The molecule has 3 aromatic rings. The maximum absolute atomic E-state index is 13.1. The number of carbonyl (C=O) groups excluding carboxylic acids is 2. The molecule has 4 heterocycles. The normalized spacial score (nSPS) is 17.5. The number of pyridine rings is 1. The Hall–Kier alpha value is -3.37. The number of nitrogens with one attached hydrogen (secondary N) is 1. The second-order valence-corrected chi connectivity index (χ2v) is 10.8. The molecule has 2 aliphatic rings. The number of H-pyrrole nitrogens is 1. The standard InChI is InChI=1S/C26H27BrN4O5/c1-26(2,3)36-25(34)31-8-6-30(7-9-31)14-19-20(32)5-4-17-22(33)21(35-23(17)19)10-15-12-28-24-18(15)11-16(27)13-29-24/h4-5,10-13,32H,6-9,14H2,1-3H3,(H,28,29). The van der Waals surface area contributed by atoms with Gasteiger partial charge in [-0.05, 0) is 61.0 Å². The number of piperazine rings is 1. The first kappa shape index (κ1) is 24.3. The summed E-state index contributed by atoms with van der Waals surface area (Å²) in [6.45, 7) is 8.17. The fourth-order valence-corrected chi connectivity index (χ4v) is 4.68. The van der Waals surface area contributed by atoms with Gasteiger partial charge in [0.1, 0.15) is 22.7 Å². The van der Waals surface area contributed by atoms with Crippen LogP contribution in [0, 0.1) is 0 Å². The van der Waals surface area contributed by atoms with Gasteiger partial charge in [-0.2, -0.15) is 0 Å². The zero-order valence-corrected chi connectivity index (χ0v) is 21.9. The van der Waals surface area contributed by atoms with Crippen molar-refractivity contribution >= 4 is 44.9 Å². The lowest BCUT2D eigenvalue weighted by Crippen LogP contribution is -2.49. The third kappa shape index (κ3) is 4.83. The van der Waals surface area contributed by atoms with E-state index in [2.05, 4.69) is 30.8 Å². The number of allylic oxidation sites excluding steroid dienone is 1. The van der Waals surface area contributed by atoms with E-state index in [0.29, 0.717) is 55.2 Å². The molecule has 0 radical (unpaired) electrons. The second-order valence-electron chi connectivity index (χ2n) is 9.92. The van der Waals surface area contributed by atoms with E-state index in [1.165, 1.54) is 6.07 Å². The summed E-state index contributed by atoms with van der Waals surface area (Å²) in [4.78, 5) is 36.7. The van der Waals surface area contributed by atoms with Crippen LogP contribution in [0.25, 0.3) is 17.1 Å². The Morgan fingerprint density at radius 3 is 2.75 bits per heavy atom. The molecule has 9 nitrogen and oxygen atoms in total. The molecule has 2 aromatic heterocycles. The average Bonchev–Trinajstić information content (AvgIpc) is 3.36. The van der Waals surface area contributed by atoms with Crippen LogP contribution in [0.3, 0.4) is 0 Å². The predicted octanol–water partition coefficient (Wildman–Crippen LogP) is 4.70. The number of fused-ring (bicyclic) bond motifs is 2. The van der Waals surface area contributed by atoms with Crippen LogP contribution >= 0.6 is 15.9 Å². The number of phenols is 1. The number of amides is 1. The van der Waals surface area contributed by atoms with Crippen molar-refractivity contribution in [3.63, 3.8) is 0 Å². The topological polar surface area (TPSA) is 108 Å². The average molecular weight is 555 g/mol. The maximum atomic E-state index is 13.1. The number of hydrogen-bond donors (Lipinski definition) is 2. The van der Waals surface area contributed by atoms with Crippen molar-refractivity contribution in [2.24, 2.45) is 0 Å². The largest absolute Gasteiger partial charge is 0.507 e. The van der Waals surface area contributed by atoms with Crippen molar-refractivity contribution in [3.05, 3.63) is 57.5 Å². The molecule has 0 bridgehead atoms. The fraction of sp³-hybridized carbons (Fsp3) is 0.346. The molecule has 1 fully saturated rings. The molecule has 0 aliphatic carbocycles. The lowest BCUT2D eigenvalue weighted by molar-refractivity contribution is 0.0138. The summed E-state index contributed by atoms with van der Waals surface area (Å²) in [5, 5.41) is 11.5. The maximum Gasteiger partial charge on any atom is 0.410 e. The Morgan fingerprint density at radius 2 is 2.03 bits per heavy atom. The zero-order valence-electron chi connectivity index (χ0n) is 20.3. The molecule has 36 heavy (non-hydrogen) atoms. The minimum atomic E-state index is -0.542. The van der Waals surface area contributed by atoms with Gasteiger partial charge in [-0.15, -0.1) is 0 Å². The van der Waals surface area contributed by atoms with Crippen LogP contribution in [0.4, 0.5) is 4.79 Å². The van der Waals surface area contributed by atoms with E-state index in [4.69, 9.17) is 9.47 Å². The number of ketones is 1. The van der Waals surface area contributed by atoms with Gasteiger partial charge in [0, 0.05) is 60.5 Å². The van der Waals surface area contributed by atoms with Crippen molar-refractivity contribution in [2.75, 3.05) is 26.2 Å². The summed E-state index contributed by atoms with van der Waals surface area (Å²) in [5.41, 5.74) is 1.91. The quantitative estimate of drug-likeness (QED) is 0.451. The highest BCUT2D eigenvalue weighted by Gasteiger charge is 2.33. The molecule has 0 spiro atoms. The Kier molecular flexibility index (Phi) is 6.25.